The largest absolute Gasteiger partial charge is 0.508 e. The molecule has 38 heteroatoms. The molecule has 0 bridgehead atoms. The zero-order valence-electron chi connectivity index (χ0n) is 84.2. The highest BCUT2D eigenvalue weighted by Gasteiger charge is 2.52. The maximum absolute atomic E-state index is 11.6. The number of phenolic OH excluding ortho intramolecular Hbond substituents is 2. The second-order valence-corrected chi connectivity index (χ2v) is 38.3. The average Bonchev–Trinajstić information content (AvgIpc) is 1.62. The number of nitrogen functional groups attached to an aromatic ring is 4. The summed E-state index contributed by atoms with van der Waals surface area (Å²) in [6.07, 6.45) is 28.3. The standard InChI is InChI=1S/C13H14N2.C13H12O6.C13H12O2.C12H12N2S.C9H21N.C8H6O4.C8H10O3.C8H8O3.C8H4O3.C6H16N2.C6H6S3.C4H6O4.C4H10S2/c14-12-5-1-10(2-6-12)9-11-3-7-13(15)8-4-11;1-5-2-6(7-4-9(14)18-11(7)15)3-8-10(5)13(17)19-12(8)16;14-12-5-1-10(2-6-12)9-11-3-7-13(15)8-4-11;13-9-1-5-11(6-2-9)15-12-7-3-10(14)4-8-12;1-3-4-5-6-7-8-9-10-2;9-5-11-7-3-1-2-4-8(7)12-6-10;3*9-7-5-3-1-2-4-6(5)8(10)11-7;7-5-3-1-2-4-6-8;7-4-1-5(8)3-6(9)2-4;5-3-8-2-1-4(6)7;5-3-1-2-4-6/h1-8H,9,14-15H2;2,6-8,10H,3-4H2,1H3;1-8,14-15H,9H2;1-8H,13-14H2;10H,3-9H2,1-2H3;1-6H;5-6H,1-4H2;1-2,5-6H,3-4H2;1-4H;1-8H2;1-3,7-9H;3H,1-2H2,(H,6,7);5-6H,1-4H2. The molecular weight excluding hydrogens is 2040 g/mol. The second-order valence-electron chi connectivity index (χ2n) is 34.7. The lowest BCUT2D eigenvalue weighted by molar-refractivity contribution is -0.155. The van der Waals surface area contributed by atoms with Crippen LogP contribution in [-0.2, 0) is 98.8 Å². The Labute approximate surface area is 907 Å². The van der Waals surface area contributed by atoms with Crippen LogP contribution < -0.4 is 49.2 Å². The third-order valence-corrected chi connectivity index (χ3v) is 25.6. The fraction of sp³-hybridized carbons (Fsp3) is 0.357. The van der Waals surface area contributed by atoms with E-state index in [9.17, 15) is 67.1 Å². The molecule has 17 rings (SSSR count). The van der Waals surface area contributed by atoms with Gasteiger partial charge in [-0.1, -0.05) is 173 Å². The van der Waals surface area contributed by atoms with E-state index in [1.165, 1.54) is 104 Å². The van der Waals surface area contributed by atoms with Crippen LogP contribution in [-0.4, -0.2) is 145 Å². The number of aromatic hydroxyl groups is 2. The predicted octanol–water partition coefficient (Wildman–Crippen LogP) is 18.6. The highest BCUT2D eigenvalue weighted by atomic mass is 32.2. The molecule has 150 heavy (non-hydrogen) atoms. The molecule has 3 aliphatic carbocycles. The van der Waals surface area contributed by atoms with Gasteiger partial charge in [0.2, 0.25) is 0 Å². The predicted molar refractivity (Wildman–Crippen MR) is 591 cm³/mol. The van der Waals surface area contributed by atoms with Crippen molar-refractivity contribution in [2.45, 2.75) is 186 Å². The lowest BCUT2D eigenvalue weighted by atomic mass is 9.72. The number of anilines is 4. The topological polar surface area (TPSA) is 542 Å². The maximum atomic E-state index is 11.6. The minimum absolute atomic E-state index is 0.0354. The molecule has 9 aromatic carbocycles. The summed E-state index contributed by atoms with van der Waals surface area (Å²) >= 11 is 22.1. The van der Waals surface area contributed by atoms with E-state index in [1.807, 2.05) is 159 Å². The van der Waals surface area contributed by atoms with Gasteiger partial charge >= 0.3 is 65.7 Å². The molecule has 16 N–H and O–H groups in total. The van der Waals surface area contributed by atoms with Crippen LogP contribution in [0.2, 0.25) is 0 Å². The first kappa shape index (κ1) is 127. The van der Waals surface area contributed by atoms with Crippen LogP contribution in [0.25, 0.3) is 0 Å². The van der Waals surface area contributed by atoms with Crippen LogP contribution in [0.5, 0.6) is 23.0 Å². The lowest BCUT2D eigenvalue weighted by Crippen LogP contribution is -2.31. The number of carbonyl (C=O) groups is 14. The summed E-state index contributed by atoms with van der Waals surface area (Å²) in [5, 5.41) is 29.4. The number of cyclic esters (lactones) is 10. The molecular formula is C112H137N7O25S6. The zero-order valence-corrected chi connectivity index (χ0v) is 89.5. The van der Waals surface area contributed by atoms with Crippen LogP contribution in [0.15, 0.2) is 261 Å². The monoisotopic (exact) mass is 2170 g/mol. The first-order valence-corrected chi connectivity index (χ1v) is 52.4. The van der Waals surface area contributed by atoms with Crippen molar-refractivity contribution in [3.63, 3.8) is 0 Å². The number of allylic oxidation sites excluding steroid dienone is 3. The molecule has 0 radical (unpaired) electrons. The number of rotatable bonds is 30. The normalized spacial score (nSPS) is 17.4. The number of carboxylic acids is 1. The van der Waals surface area contributed by atoms with Gasteiger partial charge in [-0.15, -0.1) is 37.9 Å². The smallest absolute Gasteiger partial charge is 0.346 e. The minimum atomic E-state index is -0.966. The Bertz CT molecular complexity index is 5250. The number of thiol groups is 5. The zero-order chi connectivity index (χ0) is 110. The van der Waals surface area contributed by atoms with Gasteiger partial charge in [0, 0.05) is 47.2 Å². The van der Waals surface area contributed by atoms with Gasteiger partial charge in [0.25, 0.3) is 19.4 Å². The van der Waals surface area contributed by atoms with Crippen LogP contribution in [0.4, 0.5) is 22.7 Å². The van der Waals surface area contributed by atoms with Gasteiger partial charge in [-0.25, -0.2) is 9.59 Å². The number of hydrogen-bond donors (Lipinski definition) is 15. The fourth-order valence-corrected chi connectivity index (χ4v) is 17.8. The Hall–Kier alpha value is -13.2. The number of fused-ring (bicyclic) bond motifs is 4. The van der Waals surface area contributed by atoms with Crippen molar-refractivity contribution in [1.82, 2.24) is 5.32 Å². The summed E-state index contributed by atoms with van der Waals surface area (Å²) in [5.74, 6) is -4.91. The number of phenols is 2. The lowest BCUT2D eigenvalue weighted by Gasteiger charge is -2.27. The van der Waals surface area contributed by atoms with Crippen molar-refractivity contribution in [3.8, 4) is 23.0 Å². The number of para-hydroxylation sites is 2. The first-order chi connectivity index (χ1) is 72.1. The molecule has 1 saturated carbocycles. The van der Waals surface area contributed by atoms with Crippen molar-refractivity contribution < 1.29 is 120 Å². The molecule has 5 heterocycles. The highest BCUT2D eigenvalue weighted by Crippen LogP contribution is 2.44. The molecule has 5 fully saturated rings. The van der Waals surface area contributed by atoms with E-state index in [0.717, 1.165) is 130 Å². The molecule has 4 saturated heterocycles. The molecule has 8 unspecified atom stereocenters. The van der Waals surface area contributed by atoms with Gasteiger partial charge in [-0.05, 0) is 290 Å². The Kier molecular flexibility index (Phi) is 62.0. The Morgan fingerprint density at radius 1 is 0.447 bits per heavy atom. The quantitative estimate of drug-likeness (QED) is 0.00290. The van der Waals surface area contributed by atoms with Crippen molar-refractivity contribution in [2.24, 2.45) is 58.8 Å². The van der Waals surface area contributed by atoms with Gasteiger partial charge in [0.15, 0.2) is 11.5 Å². The van der Waals surface area contributed by atoms with E-state index in [2.05, 4.69) is 113 Å². The molecule has 8 atom stereocenters. The molecule has 0 aromatic heterocycles. The molecule has 9 aromatic rings. The molecule has 806 valence electrons. The number of unbranched alkanes of at least 4 members (excludes halogenated alkanes) is 9. The van der Waals surface area contributed by atoms with Crippen molar-refractivity contribution in [1.29, 1.82) is 0 Å². The van der Waals surface area contributed by atoms with Gasteiger partial charge < -0.3 is 92.9 Å². The summed E-state index contributed by atoms with van der Waals surface area (Å²) < 4.78 is 35.7. The highest BCUT2D eigenvalue weighted by molar-refractivity contribution is 7.99. The van der Waals surface area contributed by atoms with Crippen molar-refractivity contribution >= 4 is 183 Å². The molecule has 0 spiro atoms. The van der Waals surface area contributed by atoms with E-state index >= 15 is 0 Å². The summed E-state index contributed by atoms with van der Waals surface area (Å²) in [4.78, 5) is 155. The SMILES string of the molecule is CC1=CC(C2CC(=O)OC2=O)CC2C(=O)OC(=O)C12.CCCCCCCCNC.NCCCCCCN.Nc1ccc(Cc2ccc(N)cc2)cc1.Nc1ccc(Sc2ccc(N)cc2)cc1.O=C1OC(=O)C2CC=CCC12.O=C1OC(=O)C2CCCCC12.O=C1OC(=O)c2ccccc21.O=COCCC(=O)O.O=COc1ccccc1OC=O.Oc1ccc(Cc2ccc(O)cc2)cc1.SCCCCS.Sc1cc(S)cc(S)c1. The average molecular weight is 2170 g/mol. The summed E-state index contributed by atoms with van der Waals surface area (Å²) in [5.41, 5.74) is 42.5. The van der Waals surface area contributed by atoms with Gasteiger partial charge in [0.1, 0.15) is 18.1 Å². The second kappa shape index (κ2) is 73.1. The maximum Gasteiger partial charge on any atom is 0.346 e. The number of carboxylic acid groups (broad SMARTS) is 1. The van der Waals surface area contributed by atoms with E-state index in [4.69, 9.17) is 49.7 Å². The number of esters is 10. The number of aliphatic carboxylic acids is 1. The van der Waals surface area contributed by atoms with Gasteiger partial charge in [-0.3, -0.25) is 57.5 Å². The van der Waals surface area contributed by atoms with Crippen LogP contribution >= 0.6 is 74.9 Å². The molecule has 8 aliphatic rings. The molecule has 32 nitrogen and oxygen atoms in total. The third kappa shape index (κ3) is 49.5. The van der Waals surface area contributed by atoms with E-state index in [-0.39, 0.29) is 115 Å². The summed E-state index contributed by atoms with van der Waals surface area (Å²) in [6.45, 7) is 7.56. The minimum Gasteiger partial charge on any atom is -0.508 e. The fourth-order valence-electron chi connectivity index (χ4n) is 15.4. The van der Waals surface area contributed by atoms with E-state index in [1.54, 1.807) is 85.4 Å². The van der Waals surface area contributed by atoms with E-state index < -0.39 is 59.5 Å². The summed E-state index contributed by atoms with van der Waals surface area (Å²) in [7, 11) is 2.02. The third-order valence-electron chi connectivity index (χ3n) is 23.2. The van der Waals surface area contributed by atoms with Crippen molar-refractivity contribution in [2.75, 3.05) is 67.7 Å². The van der Waals surface area contributed by atoms with Crippen molar-refractivity contribution in [3.05, 3.63) is 270 Å². The Morgan fingerprint density at radius 2 is 0.813 bits per heavy atom. The number of nitrogens with two attached hydrogens (primary N) is 6. The number of nitrogens with one attached hydrogen (secondary N) is 1. The Balaban J connectivity index is 0.000000288. The van der Waals surface area contributed by atoms with Gasteiger partial charge in [0.05, 0.1) is 65.4 Å². The number of ether oxygens (including phenoxy) is 8. The van der Waals surface area contributed by atoms with E-state index in [0.29, 0.717) is 30.4 Å². The number of benzene rings is 9. The first-order valence-electron chi connectivity index (χ1n) is 49.0. The van der Waals surface area contributed by atoms with Crippen LogP contribution in [0.1, 0.15) is 192 Å². The van der Waals surface area contributed by atoms with Crippen LogP contribution in [0, 0.1) is 47.3 Å². The molecule has 5 aliphatic heterocycles. The van der Waals surface area contributed by atoms with Crippen LogP contribution in [0.3, 0.4) is 0 Å². The number of hydrogen-bond acceptors (Lipinski definition) is 37. The Morgan fingerprint density at radius 3 is 1.19 bits per heavy atom. The molecule has 0 amide bonds. The van der Waals surface area contributed by atoms with Gasteiger partial charge in [-0.2, -0.15) is 25.3 Å². The number of carbonyl (C=O) groups excluding carboxylic acids is 13. The summed E-state index contributed by atoms with van der Waals surface area (Å²) in [6, 6.07) is 64.3.